The van der Waals surface area contributed by atoms with Gasteiger partial charge in [0.25, 0.3) is 0 Å². The van der Waals surface area contributed by atoms with Crippen LogP contribution in [0.4, 0.5) is 0 Å². The van der Waals surface area contributed by atoms with Gasteiger partial charge in [0.1, 0.15) is 5.75 Å². The van der Waals surface area contributed by atoms with Crippen molar-refractivity contribution in [1.82, 2.24) is 0 Å². The van der Waals surface area contributed by atoms with Crippen LogP contribution in [0.2, 0.25) is 0 Å². The summed E-state index contributed by atoms with van der Waals surface area (Å²) >= 11 is 0. The van der Waals surface area contributed by atoms with Gasteiger partial charge in [0, 0.05) is 0 Å². The van der Waals surface area contributed by atoms with Gasteiger partial charge in [0.2, 0.25) is 0 Å². The van der Waals surface area contributed by atoms with E-state index in [0.717, 1.165) is 23.5 Å². The third kappa shape index (κ3) is 2.17. The summed E-state index contributed by atoms with van der Waals surface area (Å²) in [5.41, 5.74) is 1.84. The third-order valence-electron chi connectivity index (χ3n) is 5.83. The molecule has 20 heavy (non-hydrogen) atoms. The minimum absolute atomic E-state index is 0.536. The van der Waals surface area contributed by atoms with Gasteiger partial charge >= 0.3 is 0 Å². The molecule has 0 spiro atoms. The van der Waals surface area contributed by atoms with Crippen molar-refractivity contribution >= 4 is 6.08 Å². The molecule has 0 aliphatic heterocycles. The van der Waals surface area contributed by atoms with Crippen molar-refractivity contribution < 1.29 is 4.74 Å². The molecule has 0 radical (unpaired) electrons. The summed E-state index contributed by atoms with van der Waals surface area (Å²) in [6, 6.07) is 8.43. The average molecular weight is 268 g/mol. The highest BCUT2D eigenvalue weighted by Crippen LogP contribution is 2.60. The fraction of sp³-hybridized carbons (Fsp3) is 0.579. The van der Waals surface area contributed by atoms with Gasteiger partial charge in [-0.15, -0.1) is 0 Å². The second-order valence-electron chi connectivity index (χ2n) is 7.39. The first-order chi connectivity index (χ1) is 9.75. The second-order valence-corrected chi connectivity index (χ2v) is 7.39. The fourth-order valence-electron chi connectivity index (χ4n) is 5.37. The van der Waals surface area contributed by atoms with E-state index in [-0.39, 0.29) is 0 Å². The smallest absolute Gasteiger partial charge is 0.118 e. The standard InChI is InChI=1S/C19H24O/c1-20-18-4-2-14(3-5-18)6-7-19-11-15-8-16(12-19)10-17(9-15)13-19/h2-7,15-17H,8-13H2,1H3/b7-6+. The van der Waals surface area contributed by atoms with Crippen LogP contribution in [0.1, 0.15) is 44.1 Å². The molecule has 106 valence electrons. The lowest BCUT2D eigenvalue weighted by Gasteiger charge is -2.55. The van der Waals surface area contributed by atoms with Crippen LogP contribution in [0.5, 0.6) is 5.75 Å². The molecule has 0 N–H and O–H groups in total. The van der Waals surface area contributed by atoms with Gasteiger partial charge in [-0.05, 0) is 79.4 Å². The van der Waals surface area contributed by atoms with Gasteiger partial charge in [0.15, 0.2) is 0 Å². The van der Waals surface area contributed by atoms with Crippen molar-refractivity contribution in [2.24, 2.45) is 23.2 Å². The summed E-state index contributed by atoms with van der Waals surface area (Å²) in [5, 5.41) is 0. The summed E-state index contributed by atoms with van der Waals surface area (Å²) < 4.78 is 5.22. The van der Waals surface area contributed by atoms with Gasteiger partial charge in [-0.3, -0.25) is 0 Å². The molecule has 0 unspecified atom stereocenters. The van der Waals surface area contributed by atoms with Crippen LogP contribution in [0.25, 0.3) is 6.08 Å². The van der Waals surface area contributed by atoms with Crippen LogP contribution in [-0.4, -0.2) is 7.11 Å². The van der Waals surface area contributed by atoms with Crippen LogP contribution < -0.4 is 4.74 Å². The molecule has 1 nitrogen and oxygen atoms in total. The zero-order valence-corrected chi connectivity index (χ0v) is 12.3. The molecule has 4 aliphatic rings. The van der Waals surface area contributed by atoms with E-state index < -0.39 is 0 Å². The number of rotatable bonds is 3. The molecule has 4 bridgehead atoms. The number of allylic oxidation sites excluding steroid dienone is 1. The maximum atomic E-state index is 5.22. The summed E-state index contributed by atoms with van der Waals surface area (Å²) in [6.45, 7) is 0. The summed E-state index contributed by atoms with van der Waals surface area (Å²) in [6.07, 6.45) is 13.8. The molecule has 4 fully saturated rings. The van der Waals surface area contributed by atoms with Crippen LogP contribution in [-0.2, 0) is 0 Å². The van der Waals surface area contributed by atoms with E-state index in [1.807, 2.05) is 0 Å². The van der Waals surface area contributed by atoms with Crippen molar-refractivity contribution in [2.45, 2.75) is 38.5 Å². The van der Waals surface area contributed by atoms with E-state index in [9.17, 15) is 0 Å². The molecule has 0 heterocycles. The van der Waals surface area contributed by atoms with Crippen LogP contribution in [0, 0.1) is 23.2 Å². The largest absolute Gasteiger partial charge is 0.497 e. The maximum absolute atomic E-state index is 5.22. The van der Waals surface area contributed by atoms with E-state index in [1.165, 1.54) is 44.1 Å². The Bertz CT molecular complexity index is 476. The minimum atomic E-state index is 0.536. The highest BCUT2D eigenvalue weighted by molar-refractivity contribution is 5.51. The highest BCUT2D eigenvalue weighted by atomic mass is 16.5. The number of hydrogen-bond donors (Lipinski definition) is 0. The van der Waals surface area contributed by atoms with Gasteiger partial charge in [0.05, 0.1) is 7.11 Å². The lowest BCUT2D eigenvalue weighted by atomic mass is 9.49. The lowest BCUT2D eigenvalue weighted by molar-refractivity contribution is -0.0232. The molecule has 4 aliphatic carbocycles. The van der Waals surface area contributed by atoms with Crippen molar-refractivity contribution in [3.63, 3.8) is 0 Å². The number of hydrogen-bond acceptors (Lipinski definition) is 1. The molecular formula is C19H24O. The highest BCUT2D eigenvalue weighted by Gasteiger charge is 2.49. The Morgan fingerprint density at radius 3 is 2.00 bits per heavy atom. The van der Waals surface area contributed by atoms with Crippen LogP contribution in [0.3, 0.4) is 0 Å². The van der Waals surface area contributed by atoms with Crippen molar-refractivity contribution in [3.8, 4) is 5.75 Å². The number of methoxy groups -OCH3 is 1. The van der Waals surface area contributed by atoms with E-state index in [4.69, 9.17) is 4.74 Å². The zero-order valence-electron chi connectivity index (χ0n) is 12.3. The Hall–Kier alpha value is -1.24. The first-order valence-electron chi connectivity index (χ1n) is 8.08. The molecule has 4 saturated carbocycles. The van der Waals surface area contributed by atoms with Gasteiger partial charge < -0.3 is 4.74 Å². The Balaban J connectivity index is 1.54. The third-order valence-corrected chi connectivity index (χ3v) is 5.83. The van der Waals surface area contributed by atoms with Crippen molar-refractivity contribution in [3.05, 3.63) is 35.9 Å². The SMILES string of the molecule is COc1ccc(/C=C/C23CC4CC(CC(C4)C2)C3)cc1. The predicted molar refractivity (Wildman–Crippen MR) is 82.6 cm³/mol. The maximum Gasteiger partial charge on any atom is 0.118 e. The number of benzene rings is 1. The minimum Gasteiger partial charge on any atom is -0.497 e. The summed E-state index contributed by atoms with van der Waals surface area (Å²) in [4.78, 5) is 0. The van der Waals surface area contributed by atoms with E-state index in [1.54, 1.807) is 7.11 Å². The quantitative estimate of drug-likeness (QED) is 0.755. The lowest BCUT2D eigenvalue weighted by Crippen LogP contribution is -2.44. The van der Waals surface area contributed by atoms with Gasteiger partial charge in [-0.1, -0.05) is 24.3 Å². The topological polar surface area (TPSA) is 9.23 Å². The predicted octanol–water partition coefficient (Wildman–Crippen LogP) is 4.92. The first-order valence-corrected chi connectivity index (χ1v) is 8.08. The van der Waals surface area contributed by atoms with E-state index >= 15 is 0 Å². The molecule has 0 amide bonds. The fourth-order valence-corrected chi connectivity index (χ4v) is 5.37. The Labute approximate surface area is 122 Å². The van der Waals surface area contributed by atoms with Crippen molar-refractivity contribution in [1.29, 1.82) is 0 Å². The summed E-state index contributed by atoms with van der Waals surface area (Å²) in [5.74, 6) is 4.03. The monoisotopic (exact) mass is 268 g/mol. The van der Waals surface area contributed by atoms with E-state index in [2.05, 4.69) is 36.4 Å². The second kappa shape index (κ2) is 4.65. The molecule has 0 atom stereocenters. The molecule has 0 saturated heterocycles. The molecule has 5 rings (SSSR count). The molecule has 0 aromatic heterocycles. The van der Waals surface area contributed by atoms with Crippen molar-refractivity contribution in [2.75, 3.05) is 7.11 Å². The summed E-state index contributed by atoms with van der Waals surface area (Å²) in [7, 11) is 1.72. The molecule has 1 heteroatoms. The van der Waals surface area contributed by atoms with Gasteiger partial charge in [-0.2, -0.15) is 0 Å². The molecule has 1 aromatic carbocycles. The average Bonchev–Trinajstić information content (AvgIpc) is 2.44. The normalized spacial score (nSPS) is 38.5. The Morgan fingerprint density at radius 1 is 0.950 bits per heavy atom. The van der Waals surface area contributed by atoms with Gasteiger partial charge in [-0.25, -0.2) is 0 Å². The number of ether oxygens (including phenoxy) is 1. The Kier molecular flexibility index (Phi) is 2.90. The Morgan fingerprint density at radius 2 is 1.50 bits per heavy atom. The molecular weight excluding hydrogens is 244 g/mol. The first kappa shape index (κ1) is 12.5. The zero-order chi connectivity index (χ0) is 13.6. The van der Waals surface area contributed by atoms with Crippen LogP contribution >= 0.6 is 0 Å². The van der Waals surface area contributed by atoms with E-state index in [0.29, 0.717) is 5.41 Å². The van der Waals surface area contributed by atoms with Crippen LogP contribution in [0.15, 0.2) is 30.3 Å². The molecule has 1 aromatic rings.